The highest BCUT2D eigenvalue weighted by atomic mass is 79.9. The van der Waals surface area contributed by atoms with Crippen molar-refractivity contribution in [1.29, 1.82) is 0 Å². The lowest BCUT2D eigenvalue weighted by Gasteiger charge is -2.08. The van der Waals surface area contributed by atoms with E-state index in [0.29, 0.717) is 11.3 Å². The molecular formula is C17H14BrF2NO2. The molecule has 1 N–H and O–H groups in total. The molecular weight excluding hydrogens is 368 g/mol. The first-order valence-corrected chi connectivity index (χ1v) is 7.54. The second-order valence-electron chi connectivity index (χ2n) is 4.70. The molecule has 0 bridgehead atoms. The molecule has 0 spiro atoms. The summed E-state index contributed by atoms with van der Waals surface area (Å²) >= 11 is 3.34. The highest BCUT2D eigenvalue weighted by molar-refractivity contribution is 9.10. The van der Waals surface area contributed by atoms with Crippen molar-refractivity contribution in [2.45, 2.75) is 13.5 Å². The topological polar surface area (TPSA) is 38.3 Å². The van der Waals surface area contributed by atoms with Crippen LogP contribution in [0.5, 0.6) is 5.75 Å². The predicted molar refractivity (Wildman–Crippen MR) is 89.6 cm³/mol. The maximum atomic E-state index is 12.3. The van der Waals surface area contributed by atoms with E-state index in [1.807, 2.05) is 19.1 Å². The van der Waals surface area contributed by atoms with Crippen LogP contribution in [0, 0.1) is 6.92 Å². The van der Waals surface area contributed by atoms with E-state index in [2.05, 4.69) is 26.0 Å². The third-order valence-corrected chi connectivity index (χ3v) is 3.50. The van der Waals surface area contributed by atoms with Gasteiger partial charge in [0.1, 0.15) is 5.75 Å². The van der Waals surface area contributed by atoms with Crippen molar-refractivity contribution >= 4 is 33.6 Å². The number of rotatable bonds is 5. The third-order valence-electron chi connectivity index (χ3n) is 3.01. The molecule has 6 heteroatoms. The maximum Gasteiger partial charge on any atom is 0.387 e. The first-order chi connectivity index (χ1) is 11.0. The molecule has 0 saturated heterocycles. The van der Waals surface area contributed by atoms with Crippen LogP contribution >= 0.6 is 15.9 Å². The minimum atomic E-state index is -2.91. The van der Waals surface area contributed by atoms with E-state index < -0.39 is 6.61 Å². The Labute approximate surface area is 141 Å². The molecule has 0 heterocycles. The van der Waals surface area contributed by atoms with Gasteiger partial charge in [-0.15, -0.1) is 0 Å². The van der Waals surface area contributed by atoms with Crippen molar-refractivity contribution in [3.05, 3.63) is 64.1 Å². The van der Waals surface area contributed by atoms with Crippen molar-refractivity contribution in [3.8, 4) is 5.75 Å². The normalized spacial score (nSPS) is 11.0. The largest absolute Gasteiger partial charge is 0.434 e. The van der Waals surface area contributed by atoms with Gasteiger partial charge in [-0.2, -0.15) is 8.78 Å². The lowest BCUT2D eigenvalue weighted by atomic mass is 10.2. The van der Waals surface area contributed by atoms with E-state index in [1.165, 1.54) is 18.2 Å². The number of anilines is 1. The molecule has 0 aliphatic heterocycles. The number of carbonyl (C=O) groups is 1. The SMILES string of the molecule is Cc1ccc(Br)cc1NC(=O)/C=C/c1ccccc1OC(F)F. The van der Waals surface area contributed by atoms with E-state index in [0.717, 1.165) is 10.0 Å². The molecule has 0 saturated carbocycles. The summed E-state index contributed by atoms with van der Waals surface area (Å²) in [5.74, 6) is -0.344. The molecule has 2 aromatic carbocycles. The fourth-order valence-electron chi connectivity index (χ4n) is 1.89. The van der Waals surface area contributed by atoms with Gasteiger partial charge in [0.15, 0.2) is 0 Å². The summed E-state index contributed by atoms with van der Waals surface area (Å²) in [4.78, 5) is 12.0. The minimum absolute atomic E-state index is 0.0187. The molecule has 23 heavy (non-hydrogen) atoms. The number of amides is 1. The fraction of sp³-hybridized carbons (Fsp3) is 0.118. The quantitative estimate of drug-likeness (QED) is 0.739. The Morgan fingerprint density at radius 3 is 2.74 bits per heavy atom. The molecule has 0 aliphatic rings. The molecule has 120 valence electrons. The summed E-state index contributed by atoms with van der Waals surface area (Å²) in [5.41, 5.74) is 1.98. The number of para-hydroxylation sites is 1. The predicted octanol–water partition coefficient (Wildman–Crippen LogP) is 5.01. The van der Waals surface area contributed by atoms with E-state index in [4.69, 9.17) is 0 Å². The molecule has 0 atom stereocenters. The van der Waals surface area contributed by atoms with Gasteiger partial charge in [-0.3, -0.25) is 4.79 Å². The van der Waals surface area contributed by atoms with Gasteiger partial charge in [0.05, 0.1) is 0 Å². The summed E-state index contributed by atoms with van der Waals surface area (Å²) in [6, 6.07) is 11.8. The Morgan fingerprint density at radius 1 is 1.26 bits per heavy atom. The summed E-state index contributed by atoms with van der Waals surface area (Å²) in [6.45, 7) is -1.04. The molecule has 0 fully saturated rings. The van der Waals surface area contributed by atoms with Crippen LogP contribution < -0.4 is 10.1 Å². The van der Waals surface area contributed by atoms with Gasteiger partial charge in [-0.25, -0.2) is 0 Å². The number of ether oxygens (including phenoxy) is 1. The lowest BCUT2D eigenvalue weighted by Crippen LogP contribution is -2.09. The Bertz CT molecular complexity index is 732. The van der Waals surface area contributed by atoms with Gasteiger partial charge in [0.25, 0.3) is 0 Å². The van der Waals surface area contributed by atoms with E-state index >= 15 is 0 Å². The second kappa shape index (κ2) is 7.87. The summed E-state index contributed by atoms with van der Waals surface area (Å²) in [5, 5.41) is 2.74. The zero-order chi connectivity index (χ0) is 16.8. The number of alkyl halides is 2. The summed E-state index contributed by atoms with van der Waals surface area (Å²) < 4.78 is 29.9. The fourth-order valence-corrected chi connectivity index (χ4v) is 2.25. The number of hydrogen-bond donors (Lipinski definition) is 1. The van der Waals surface area contributed by atoms with Gasteiger partial charge in [0, 0.05) is 21.8 Å². The molecule has 2 aromatic rings. The summed E-state index contributed by atoms with van der Waals surface area (Å²) in [6.07, 6.45) is 2.70. The van der Waals surface area contributed by atoms with Gasteiger partial charge in [0.2, 0.25) is 5.91 Å². The van der Waals surface area contributed by atoms with Crippen LogP contribution in [0.2, 0.25) is 0 Å². The smallest absolute Gasteiger partial charge is 0.387 e. The van der Waals surface area contributed by atoms with E-state index in [-0.39, 0.29) is 11.7 Å². The number of nitrogens with one attached hydrogen (secondary N) is 1. The molecule has 1 amide bonds. The Balaban J connectivity index is 2.11. The van der Waals surface area contributed by atoms with Crippen LogP contribution in [0.3, 0.4) is 0 Å². The molecule has 0 radical (unpaired) electrons. The molecule has 0 aliphatic carbocycles. The van der Waals surface area contributed by atoms with Crippen molar-refractivity contribution in [2.75, 3.05) is 5.32 Å². The van der Waals surface area contributed by atoms with Crippen molar-refractivity contribution in [1.82, 2.24) is 0 Å². The van der Waals surface area contributed by atoms with Gasteiger partial charge in [-0.05, 0) is 36.8 Å². The lowest BCUT2D eigenvalue weighted by molar-refractivity contribution is -0.111. The standard InChI is InChI=1S/C17H14BrF2NO2/c1-11-6-8-13(18)10-14(11)21-16(22)9-7-12-4-2-3-5-15(12)23-17(19)20/h2-10,17H,1H3,(H,21,22)/b9-7+. The average molecular weight is 382 g/mol. The van der Waals surface area contributed by atoms with Crippen LogP contribution in [0.25, 0.3) is 6.08 Å². The number of benzene rings is 2. The molecule has 3 nitrogen and oxygen atoms in total. The number of halogens is 3. The molecule has 0 unspecified atom stereocenters. The Hall–Kier alpha value is -2.21. The van der Waals surface area contributed by atoms with Crippen LogP contribution in [0.4, 0.5) is 14.5 Å². The van der Waals surface area contributed by atoms with Crippen LogP contribution in [-0.2, 0) is 4.79 Å². The van der Waals surface area contributed by atoms with E-state index in [9.17, 15) is 13.6 Å². The van der Waals surface area contributed by atoms with Crippen LogP contribution in [-0.4, -0.2) is 12.5 Å². The monoisotopic (exact) mass is 381 g/mol. The maximum absolute atomic E-state index is 12.3. The Morgan fingerprint density at radius 2 is 2.00 bits per heavy atom. The van der Waals surface area contributed by atoms with Gasteiger partial charge in [-0.1, -0.05) is 40.2 Å². The van der Waals surface area contributed by atoms with E-state index in [1.54, 1.807) is 24.3 Å². The molecule has 2 rings (SSSR count). The molecule has 0 aromatic heterocycles. The first-order valence-electron chi connectivity index (χ1n) is 6.75. The average Bonchev–Trinajstić information content (AvgIpc) is 2.49. The Kier molecular flexibility index (Phi) is 5.87. The van der Waals surface area contributed by atoms with Gasteiger partial charge < -0.3 is 10.1 Å². The van der Waals surface area contributed by atoms with Crippen molar-refractivity contribution in [3.63, 3.8) is 0 Å². The second-order valence-corrected chi connectivity index (χ2v) is 5.61. The highest BCUT2D eigenvalue weighted by Gasteiger charge is 2.08. The zero-order valence-corrected chi connectivity index (χ0v) is 13.8. The third kappa shape index (κ3) is 5.17. The highest BCUT2D eigenvalue weighted by Crippen LogP contribution is 2.22. The van der Waals surface area contributed by atoms with Gasteiger partial charge >= 0.3 is 6.61 Å². The number of carbonyl (C=O) groups excluding carboxylic acids is 1. The zero-order valence-electron chi connectivity index (χ0n) is 12.2. The van der Waals surface area contributed by atoms with Crippen LogP contribution in [0.15, 0.2) is 53.0 Å². The number of hydrogen-bond acceptors (Lipinski definition) is 2. The number of aryl methyl sites for hydroxylation is 1. The van der Waals surface area contributed by atoms with Crippen LogP contribution in [0.1, 0.15) is 11.1 Å². The van der Waals surface area contributed by atoms with Crippen molar-refractivity contribution < 1.29 is 18.3 Å². The van der Waals surface area contributed by atoms with Crippen molar-refractivity contribution in [2.24, 2.45) is 0 Å². The summed E-state index contributed by atoms with van der Waals surface area (Å²) in [7, 11) is 0. The first kappa shape index (κ1) is 17.1. The minimum Gasteiger partial charge on any atom is -0.434 e.